The zero-order chi connectivity index (χ0) is 24.9. The molecule has 1 saturated carbocycles. The molecular formula is C26H32N2O7. The Kier molecular flexibility index (Phi) is 4.62. The van der Waals surface area contributed by atoms with Crippen molar-refractivity contribution in [1.82, 2.24) is 4.90 Å². The number of methoxy groups -OCH3 is 3. The molecule has 0 N–H and O–H groups in total. The number of hydrogen-bond donors (Lipinski definition) is 0. The second-order valence-electron chi connectivity index (χ2n) is 10.2. The van der Waals surface area contributed by atoms with E-state index in [9.17, 15) is 9.59 Å². The Bertz CT molecular complexity index is 1170. The van der Waals surface area contributed by atoms with E-state index in [1.54, 1.807) is 14.2 Å². The molecular weight excluding hydrogens is 452 g/mol. The standard InChI is InChI=1S/C26H32N2O7/c1-7-15-12-28-21-9-16(15)24(23(30)33-6,13-34-14(2)29)25-11-22(28)35-26(21,25)27(3)18-10-20(32-5)19(31-4)8-17(18)25/h7-8,10,16,21-22H,9,11-13H2,1-6H3/t16-,21-,22-,24-,25-,26-/m0/s1. The number of hydrogen-bond acceptors (Lipinski definition) is 9. The first kappa shape index (κ1) is 22.7. The number of rotatable bonds is 5. The van der Waals surface area contributed by atoms with E-state index in [1.807, 2.05) is 26.1 Å². The molecule has 6 atom stereocenters. The molecule has 5 aliphatic rings. The van der Waals surface area contributed by atoms with Crippen molar-refractivity contribution in [3.63, 3.8) is 0 Å². The minimum atomic E-state index is -1.17. The Hall–Kier alpha value is -2.78. The maximum absolute atomic E-state index is 14.2. The molecule has 1 aliphatic carbocycles. The normalized spacial score (nSPS) is 39.0. The lowest BCUT2D eigenvalue weighted by molar-refractivity contribution is -0.199. The maximum atomic E-state index is 14.2. The van der Waals surface area contributed by atoms with Crippen molar-refractivity contribution in [2.45, 2.75) is 50.1 Å². The average Bonchev–Trinajstić information content (AvgIpc) is 3.47. The maximum Gasteiger partial charge on any atom is 0.317 e. The lowest BCUT2D eigenvalue weighted by Gasteiger charge is -2.65. The highest BCUT2D eigenvalue weighted by molar-refractivity contribution is 5.87. The van der Waals surface area contributed by atoms with Crippen molar-refractivity contribution < 1.29 is 33.3 Å². The first-order chi connectivity index (χ1) is 16.8. The number of nitrogens with zero attached hydrogens (tertiary/aromatic N) is 2. The fourth-order valence-electron chi connectivity index (χ4n) is 8.34. The van der Waals surface area contributed by atoms with E-state index in [0.29, 0.717) is 30.9 Å². The van der Waals surface area contributed by atoms with Gasteiger partial charge in [0.2, 0.25) is 0 Å². The summed E-state index contributed by atoms with van der Waals surface area (Å²) in [6.45, 7) is 4.02. The molecule has 0 aromatic heterocycles. The minimum Gasteiger partial charge on any atom is -0.493 e. The summed E-state index contributed by atoms with van der Waals surface area (Å²) >= 11 is 0. The zero-order valence-electron chi connectivity index (χ0n) is 21.0. The van der Waals surface area contributed by atoms with Gasteiger partial charge < -0.3 is 28.6 Å². The zero-order valence-corrected chi connectivity index (χ0v) is 21.0. The summed E-state index contributed by atoms with van der Waals surface area (Å²) in [6.07, 6.45) is 3.23. The monoisotopic (exact) mass is 484 g/mol. The predicted octanol–water partition coefficient (Wildman–Crippen LogP) is 2.22. The van der Waals surface area contributed by atoms with E-state index in [-0.39, 0.29) is 30.8 Å². The van der Waals surface area contributed by atoms with Gasteiger partial charge in [0.15, 0.2) is 17.2 Å². The van der Waals surface area contributed by atoms with Crippen molar-refractivity contribution >= 4 is 17.6 Å². The summed E-state index contributed by atoms with van der Waals surface area (Å²) < 4.78 is 29.6. The van der Waals surface area contributed by atoms with Gasteiger partial charge in [-0.05, 0) is 25.0 Å². The van der Waals surface area contributed by atoms with Crippen molar-refractivity contribution in [2.24, 2.45) is 11.3 Å². The summed E-state index contributed by atoms with van der Waals surface area (Å²) in [4.78, 5) is 30.9. The number of carbonyl (C=O) groups excluding carboxylic acids is 2. The molecule has 9 heteroatoms. The van der Waals surface area contributed by atoms with Gasteiger partial charge in [0.05, 0.1) is 32.8 Å². The largest absolute Gasteiger partial charge is 0.493 e. The molecule has 0 unspecified atom stereocenters. The van der Waals surface area contributed by atoms with Crippen LogP contribution in [0.1, 0.15) is 32.3 Å². The van der Waals surface area contributed by atoms with E-state index in [2.05, 4.69) is 15.9 Å². The van der Waals surface area contributed by atoms with Crippen LogP contribution in [0.3, 0.4) is 0 Å². The smallest absolute Gasteiger partial charge is 0.317 e. The van der Waals surface area contributed by atoms with Gasteiger partial charge in [-0.1, -0.05) is 11.6 Å². The molecule has 6 rings (SSSR count). The van der Waals surface area contributed by atoms with Gasteiger partial charge in [-0.2, -0.15) is 0 Å². The summed E-state index contributed by atoms with van der Waals surface area (Å²) in [6, 6.07) is 4.01. The van der Waals surface area contributed by atoms with E-state index in [0.717, 1.165) is 16.8 Å². The van der Waals surface area contributed by atoms with Crippen LogP contribution in [0.2, 0.25) is 0 Å². The van der Waals surface area contributed by atoms with Crippen LogP contribution in [0.4, 0.5) is 5.69 Å². The highest BCUT2D eigenvalue weighted by Crippen LogP contribution is 2.78. The molecule has 4 heterocycles. The molecule has 0 amide bonds. The third-order valence-electron chi connectivity index (χ3n) is 9.50. The molecule has 1 aromatic rings. The fourth-order valence-corrected chi connectivity index (χ4v) is 8.34. The van der Waals surface area contributed by atoms with Gasteiger partial charge in [-0.25, -0.2) is 0 Å². The molecule has 1 aromatic carbocycles. The van der Waals surface area contributed by atoms with E-state index in [1.165, 1.54) is 14.0 Å². The highest BCUT2D eigenvalue weighted by Gasteiger charge is 2.88. The van der Waals surface area contributed by atoms with Crippen LogP contribution in [0.15, 0.2) is 23.8 Å². The molecule has 1 spiro atoms. The van der Waals surface area contributed by atoms with Gasteiger partial charge in [0.1, 0.15) is 18.2 Å². The average molecular weight is 485 g/mol. The number of likely N-dealkylation sites (N-methyl/N-ethyl adjacent to an activating group) is 1. The van der Waals surface area contributed by atoms with Crippen LogP contribution in [-0.4, -0.2) is 76.4 Å². The van der Waals surface area contributed by atoms with Crippen molar-refractivity contribution in [3.05, 3.63) is 29.3 Å². The van der Waals surface area contributed by atoms with Crippen LogP contribution in [0.25, 0.3) is 0 Å². The van der Waals surface area contributed by atoms with Crippen LogP contribution >= 0.6 is 0 Å². The van der Waals surface area contributed by atoms with E-state index >= 15 is 0 Å². The van der Waals surface area contributed by atoms with Crippen molar-refractivity contribution in [2.75, 3.05) is 46.4 Å². The Balaban J connectivity index is 1.72. The number of fused-ring (bicyclic) bond motifs is 4. The summed E-state index contributed by atoms with van der Waals surface area (Å²) in [5.74, 6) is 0.226. The van der Waals surface area contributed by atoms with Gasteiger partial charge in [-0.15, -0.1) is 0 Å². The number of benzene rings is 1. The Morgan fingerprint density at radius 1 is 1.20 bits per heavy atom. The lowest BCUT2D eigenvalue weighted by Crippen LogP contribution is -2.80. The molecule has 4 bridgehead atoms. The van der Waals surface area contributed by atoms with Gasteiger partial charge in [-0.3, -0.25) is 14.5 Å². The van der Waals surface area contributed by atoms with Crippen LogP contribution in [0.5, 0.6) is 11.5 Å². The SMILES string of the molecule is CC=C1CN2[C@@H]3C[C@@]45c6cc(OC)c(OC)cc6N(C)[C@]4(O3)[C@@H]2C[C@@H]1[C@@]5(COC(C)=O)C(=O)OC. The number of esters is 2. The number of anilines is 1. The first-order valence-corrected chi connectivity index (χ1v) is 12.1. The van der Waals surface area contributed by atoms with E-state index in [4.69, 9.17) is 23.7 Å². The third kappa shape index (κ3) is 2.23. The molecule has 3 saturated heterocycles. The van der Waals surface area contributed by atoms with Crippen LogP contribution < -0.4 is 14.4 Å². The highest BCUT2D eigenvalue weighted by atomic mass is 16.6. The minimum absolute atomic E-state index is 0.0689. The molecule has 188 valence electrons. The van der Waals surface area contributed by atoms with Crippen molar-refractivity contribution in [3.8, 4) is 11.5 Å². The Morgan fingerprint density at radius 3 is 2.54 bits per heavy atom. The molecule has 9 nitrogen and oxygen atoms in total. The molecule has 4 fully saturated rings. The quantitative estimate of drug-likeness (QED) is 0.461. The molecule has 35 heavy (non-hydrogen) atoms. The second-order valence-corrected chi connectivity index (χ2v) is 10.2. The van der Waals surface area contributed by atoms with Gasteiger partial charge in [0.25, 0.3) is 0 Å². The van der Waals surface area contributed by atoms with Crippen LogP contribution in [-0.2, 0) is 29.2 Å². The van der Waals surface area contributed by atoms with Gasteiger partial charge in [0, 0.05) is 44.6 Å². The topological polar surface area (TPSA) is 86.8 Å². The van der Waals surface area contributed by atoms with E-state index < -0.39 is 22.5 Å². The summed E-state index contributed by atoms with van der Waals surface area (Å²) in [7, 11) is 6.66. The number of allylic oxidation sites excluding steroid dienone is 1. The number of carbonyl (C=O) groups is 2. The predicted molar refractivity (Wildman–Crippen MR) is 125 cm³/mol. The van der Waals surface area contributed by atoms with Gasteiger partial charge >= 0.3 is 11.9 Å². The van der Waals surface area contributed by atoms with Crippen molar-refractivity contribution in [1.29, 1.82) is 0 Å². The first-order valence-electron chi connectivity index (χ1n) is 12.1. The summed E-state index contributed by atoms with van der Waals surface area (Å²) in [5, 5.41) is 0. The second kappa shape index (κ2) is 7.13. The lowest BCUT2D eigenvalue weighted by atomic mass is 9.42. The Morgan fingerprint density at radius 2 is 1.91 bits per heavy atom. The third-order valence-corrected chi connectivity index (χ3v) is 9.50. The Labute approximate surface area is 204 Å². The summed E-state index contributed by atoms with van der Waals surface area (Å²) in [5.41, 5.74) is 0.208. The molecule has 4 aliphatic heterocycles. The number of ether oxygens (including phenoxy) is 5. The fraction of sp³-hybridized carbons (Fsp3) is 0.615. The number of piperidine rings is 2. The van der Waals surface area contributed by atoms with Crippen LogP contribution in [0, 0.1) is 11.3 Å². The molecule has 0 radical (unpaired) electrons.